The lowest BCUT2D eigenvalue weighted by Crippen LogP contribution is -2.12. The van der Waals surface area contributed by atoms with E-state index in [2.05, 4.69) is 4.98 Å². The maximum Gasteiger partial charge on any atom is 0.249 e. The van der Waals surface area contributed by atoms with Crippen LogP contribution in [0.1, 0.15) is 10.4 Å². The molecule has 116 valence electrons. The largest absolute Gasteiger partial charge is 0.497 e. The van der Waals surface area contributed by atoms with Crippen LogP contribution in [0, 0.1) is 0 Å². The second-order valence-corrected chi connectivity index (χ2v) is 6.06. The average Bonchev–Trinajstić information content (AvgIpc) is 3.04. The molecule has 4 nitrogen and oxygen atoms in total. The predicted molar refractivity (Wildman–Crippen MR) is 93.1 cm³/mol. The van der Waals surface area contributed by atoms with E-state index in [0.717, 1.165) is 11.3 Å². The van der Waals surface area contributed by atoms with Gasteiger partial charge in [0.2, 0.25) is 5.91 Å². The van der Waals surface area contributed by atoms with E-state index in [1.807, 2.05) is 29.6 Å². The van der Waals surface area contributed by atoms with Gasteiger partial charge < -0.3 is 10.5 Å². The van der Waals surface area contributed by atoms with Gasteiger partial charge >= 0.3 is 0 Å². The van der Waals surface area contributed by atoms with Gasteiger partial charge in [-0.25, -0.2) is 4.98 Å². The molecule has 0 aliphatic carbocycles. The minimum atomic E-state index is -0.503. The van der Waals surface area contributed by atoms with Crippen LogP contribution in [-0.4, -0.2) is 18.0 Å². The van der Waals surface area contributed by atoms with Gasteiger partial charge in [0, 0.05) is 27.1 Å². The number of nitrogens with zero attached hydrogens (tertiary/aromatic N) is 1. The van der Waals surface area contributed by atoms with E-state index < -0.39 is 5.91 Å². The molecule has 2 N–H and O–H groups in total. The summed E-state index contributed by atoms with van der Waals surface area (Å²) in [4.78, 5) is 16.3. The number of hydrogen-bond acceptors (Lipinski definition) is 4. The summed E-state index contributed by atoms with van der Waals surface area (Å²) in [6.07, 6.45) is 0. The molecule has 0 atom stereocenters. The van der Waals surface area contributed by atoms with Crippen LogP contribution in [0.3, 0.4) is 0 Å². The number of thiazole rings is 1. The van der Waals surface area contributed by atoms with Crippen molar-refractivity contribution in [2.24, 2.45) is 5.73 Å². The summed E-state index contributed by atoms with van der Waals surface area (Å²) in [5, 5.41) is 3.22. The Morgan fingerprint density at radius 2 is 2.00 bits per heavy atom. The van der Waals surface area contributed by atoms with Crippen molar-refractivity contribution in [2.45, 2.75) is 0 Å². The number of carbonyl (C=O) groups excluding carboxylic acids is 1. The first-order valence-corrected chi connectivity index (χ1v) is 8.04. The number of aromatic nitrogens is 1. The van der Waals surface area contributed by atoms with Crippen LogP contribution in [0.2, 0.25) is 5.02 Å². The average molecular weight is 345 g/mol. The molecule has 0 bridgehead atoms. The number of ether oxygens (including phenoxy) is 1. The Bertz CT molecular complexity index is 877. The molecule has 23 heavy (non-hydrogen) atoms. The van der Waals surface area contributed by atoms with Crippen LogP contribution in [0.25, 0.3) is 21.8 Å². The molecular weight excluding hydrogens is 332 g/mol. The lowest BCUT2D eigenvalue weighted by atomic mass is 10.1. The lowest BCUT2D eigenvalue weighted by Gasteiger charge is -2.07. The zero-order valence-corrected chi connectivity index (χ0v) is 13.8. The first-order valence-electron chi connectivity index (χ1n) is 6.79. The topological polar surface area (TPSA) is 65.2 Å². The van der Waals surface area contributed by atoms with Gasteiger partial charge in [-0.15, -0.1) is 11.3 Å². The van der Waals surface area contributed by atoms with E-state index in [0.29, 0.717) is 26.9 Å². The van der Waals surface area contributed by atoms with Crippen molar-refractivity contribution in [2.75, 3.05) is 7.11 Å². The zero-order valence-electron chi connectivity index (χ0n) is 12.2. The van der Waals surface area contributed by atoms with E-state index in [9.17, 15) is 4.79 Å². The normalized spacial score (nSPS) is 10.5. The summed E-state index contributed by atoms with van der Waals surface area (Å²) in [7, 11) is 1.57. The molecule has 0 saturated carbocycles. The Hall–Kier alpha value is -2.37. The van der Waals surface area contributed by atoms with Gasteiger partial charge in [0.1, 0.15) is 10.8 Å². The first kappa shape index (κ1) is 15.5. The van der Waals surface area contributed by atoms with Crippen LogP contribution < -0.4 is 10.5 Å². The molecule has 1 amide bonds. The number of carbonyl (C=O) groups is 1. The molecule has 0 radical (unpaired) electrons. The number of amides is 1. The molecule has 0 saturated heterocycles. The van der Waals surface area contributed by atoms with Crippen molar-refractivity contribution in [3.05, 3.63) is 58.4 Å². The monoisotopic (exact) mass is 344 g/mol. The lowest BCUT2D eigenvalue weighted by molar-refractivity contribution is 0.100. The van der Waals surface area contributed by atoms with Gasteiger partial charge in [0.05, 0.1) is 12.8 Å². The second-order valence-electron chi connectivity index (χ2n) is 4.79. The summed E-state index contributed by atoms with van der Waals surface area (Å²) in [5.41, 5.74) is 8.13. The van der Waals surface area contributed by atoms with Crippen LogP contribution >= 0.6 is 22.9 Å². The van der Waals surface area contributed by atoms with Crippen molar-refractivity contribution in [1.29, 1.82) is 0 Å². The van der Waals surface area contributed by atoms with Gasteiger partial charge in [-0.1, -0.05) is 29.8 Å². The second kappa shape index (κ2) is 6.40. The van der Waals surface area contributed by atoms with Crippen LogP contribution in [-0.2, 0) is 0 Å². The third-order valence-electron chi connectivity index (χ3n) is 3.38. The number of methoxy groups -OCH3 is 1. The number of benzene rings is 2. The fraction of sp³-hybridized carbons (Fsp3) is 0.0588. The van der Waals surface area contributed by atoms with Gasteiger partial charge in [0.15, 0.2) is 0 Å². The van der Waals surface area contributed by atoms with Gasteiger partial charge in [-0.2, -0.15) is 0 Å². The molecule has 0 fully saturated rings. The van der Waals surface area contributed by atoms with Crippen LogP contribution in [0.4, 0.5) is 0 Å². The molecule has 0 aliphatic heterocycles. The van der Waals surface area contributed by atoms with Gasteiger partial charge in [0.25, 0.3) is 0 Å². The van der Waals surface area contributed by atoms with Gasteiger partial charge in [-0.05, 0) is 24.3 Å². The standard InChI is InChI=1S/C17H13ClN2O2S/c1-22-10-6-7-11(16(19)21)13(8-10)17-20-15(9-23-17)12-4-2-3-5-14(12)18/h2-9H,1H3,(H2,19,21). The minimum Gasteiger partial charge on any atom is -0.497 e. The molecule has 1 heterocycles. The highest BCUT2D eigenvalue weighted by molar-refractivity contribution is 7.13. The van der Waals surface area contributed by atoms with E-state index >= 15 is 0 Å². The Morgan fingerprint density at radius 3 is 2.70 bits per heavy atom. The fourth-order valence-electron chi connectivity index (χ4n) is 2.23. The van der Waals surface area contributed by atoms with E-state index in [4.69, 9.17) is 22.1 Å². The Morgan fingerprint density at radius 1 is 1.22 bits per heavy atom. The minimum absolute atomic E-state index is 0.408. The Balaban J connectivity index is 2.10. The molecule has 0 unspecified atom stereocenters. The third-order valence-corrected chi connectivity index (χ3v) is 4.58. The molecule has 3 rings (SSSR count). The molecular formula is C17H13ClN2O2S. The number of hydrogen-bond donors (Lipinski definition) is 1. The zero-order chi connectivity index (χ0) is 16.4. The first-order chi connectivity index (χ1) is 11.1. The van der Waals surface area contributed by atoms with Gasteiger partial charge in [-0.3, -0.25) is 4.79 Å². The summed E-state index contributed by atoms with van der Waals surface area (Å²) >= 11 is 7.64. The highest BCUT2D eigenvalue weighted by Crippen LogP contribution is 2.35. The van der Waals surface area contributed by atoms with Crippen molar-refractivity contribution in [3.63, 3.8) is 0 Å². The number of primary amides is 1. The maximum atomic E-state index is 11.7. The van der Waals surface area contributed by atoms with Crippen LogP contribution in [0.15, 0.2) is 47.8 Å². The molecule has 1 aromatic heterocycles. The summed E-state index contributed by atoms with van der Waals surface area (Å²) < 4.78 is 5.23. The number of rotatable bonds is 4. The van der Waals surface area contributed by atoms with Crippen molar-refractivity contribution in [3.8, 4) is 27.6 Å². The van der Waals surface area contributed by atoms with E-state index in [1.54, 1.807) is 25.3 Å². The quantitative estimate of drug-likeness (QED) is 0.769. The van der Waals surface area contributed by atoms with Crippen molar-refractivity contribution < 1.29 is 9.53 Å². The Labute approximate surface area is 142 Å². The van der Waals surface area contributed by atoms with Crippen molar-refractivity contribution >= 4 is 28.8 Å². The van der Waals surface area contributed by atoms with E-state index in [1.165, 1.54) is 11.3 Å². The number of halogens is 1. The summed E-state index contributed by atoms with van der Waals surface area (Å²) in [6, 6.07) is 12.6. The summed E-state index contributed by atoms with van der Waals surface area (Å²) in [6.45, 7) is 0. The number of nitrogens with two attached hydrogens (primary N) is 1. The fourth-order valence-corrected chi connectivity index (χ4v) is 3.31. The Kier molecular flexibility index (Phi) is 4.32. The molecule has 2 aromatic carbocycles. The molecule has 0 spiro atoms. The summed E-state index contributed by atoms with van der Waals surface area (Å²) in [5.74, 6) is 0.136. The maximum absolute atomic E-state index is 11.7. The molecule has 0 aliphatic rings. The molecule has 3 aromatic rings. The molecule has 6 heteroatoms. The highest BCUT2D eigenvalue weighted by Gasteiger charge is 2.16. The highest BCUT2D eigenvalue weighted by atomic mass is 35.5. The van der Waals surface area contributed by atoms with Crippen LogP contribution in [0.5, 0.6) is 5.75 Å². The third kappa shape index (κ3) is 3.06. The smallest absolute Gasteiger partial charge is 0.249 e. The van der Waals surface area contributed by atoms with Crippen molar-refractivity contribution in [1.82, 2.24) is 4.98 Å². The SMILES string of the molecule is COc1ccc(C(N)=O)c(-c2nc(-c3ccccc3Cl)cs2)c1. The van der Waals surface area contributed by atoms with E-state index in [-0.39, 0.29) is 0 Å². The predicted octanol–water partition coefficient (Wildman–Crippen LogP) is 4.24.